The van der Waals surface area contributed by atoms with Gasteiger partial charge in [-0.1, -0.05) is 24.4 Å². The summed E-state index contributed by atoms with van der Waals surface area (Å²) >= 11 is 4.99. The minimum Gasteiger partial charge on any atom is -0.492 e. The van der Waals surface area contributed by atoms with Crippen molar-refractivity contribution in [1.82, 2.24) is 4.98 Å². The smallest absolute Gasteiger partial charge is 0.136 e. The van der Waals surface area contributed by atoms with Gasteiger partial charge >= 0.3 is 0 Å². The Hall–Kier alpha value is -2.14. The van der Waals surface area contributed by atoms with Gasteiger partial charge in [0.25, 0.3) is 0 Å². The van der Waals surface area contributed by atoms with Crippen LogP contribution >= 0.6 is 12.2 Å². The third-order valence-electron chi connectivity index (χ3n) is 2.73. The quantitative estimate of drug-likeness (QED) is 0.631. The number of pyridine rings is 1. The van der Waals surface area contributed by atoms with Gasteiger partial charge in [0.2, 0.25) is 0 Å². The first kappa shape index (κ1) is 14.3. The molecule has 0 fully saturated rings. The number of hydrogen-bond donors (Lipinski definition) is 2. The van der Waals surface area contributed by atoms with Gasteiger partial charge in [-0.3, -0.25) is 0 Å². The molecule has 1 heterocycles. The van der Waals surface area contributed by atoms with Crippen LogP contribution in [0.1, 0.15) is 11.1 Å². The molecule has 2 aromatic rings. The fourth-order valence-corrected chi connectivity index (χ4v) is 1.95. The van der Waals surface area contributed by atoms with Crippen molar-refractivity contribution in [2.24, 2.45) is 5.73 Å². The van der Waals surface area contributed by atoms with Crippen molar-refractivity contribution in [1.29, 1.82) is 0 Å². The van der Waals surface area contributed by atoms with Crippen molar-refractivity contribution in [3.8, 4) is 5.75 Å². The summed E-state index contributed by atoms with van der Waals surface area (Å²) in [6.07, 6.45) is 1.70. The summed E-state index contributed by atoms with van der Waals surface area (Å²) in [5, 5.41) is 3.18. The van der Waals surface area contributed by atoms with E-state index < -0.39 is 0 Å². The topological polar surface area (TPSA) is 60.2 Å². The molecule has 0 bridgehead atoms. The molecule has 1 aromatic heterocycles. The van der Waals surface area contributed by atoms with E-state index in [9.17, 15) is 0 Å². The number of benzene rings is 1. The molecule has 4 nitrogen and oxygen atoms in total. The van der Waals surface area contributed by atoms with Crippen LogP contribution in [0.15, 0.2) is 42.6 Å². The summed E-state index contributed by atoms with van der Waals surface area (Å²) in [6.45, 7) is 3.20. The molecule has 0 aliphatic heterocycles. The Morgan fingerprint density at radius 2 is 2.20 bits per heavy atom. The largest absolute Gasteiger partial charge is 0.492 e. The summed E-state index contributed by atoms with van der Waals surface area (Å²) in [7, 11) is 0. The lowest BCUT2D eigenvalue weighted by atomic mass is 10.2. The fourth-order valence-electron chi connectivity index (χ4n) is 1.79. The highest BCUT2D eigenvalue weighted by Gasteiger charge is 2.04. The second kappa shape index (κ2) is 6.86. The van der Waals surface area contributed by atoms with Crippen molar-refractivity contribution in [2.45, 2.75) is 6.92 Å². The van der Waals surface area contributed by atoms with Gasteiger partial charge in [-0.15, -0.1) is 0 Å². The Kier molecular flexibility index (Phi) is 4.90. The van der Waals surface area contributed by atoms with Gasteiger partial charge in [-0.05, 0) is 36.8 Å². The summed E-state index contributed by atoms with van der Waals surface area (Å²) in [6, 6.07) is 11.6. The zero-order valence-corrected chi connectivity index (χ0v) is 12.1. The van der Waals surface area contributed by atoms with E-state index in [1.165, 1.54) is 5.56 Å². The molecule has 3 N–H and O–H groups in total. The van der Waals surface area contributed by atoms with Gasteiger partial charge in [0.05, 0.1) is 12.1 Å². The van der Waals surface area contributed by atoms with E-state index in [0.29, 0.717) is 24.0 Å². The lowest BCUT2D eigenvalue weighted by Crippen LogP contribution is -2.17. The summed E-state index contributed by atoms with van der Waals surface area (Å²) < 4.78 is 5.65. The van der Waals surface area contributed by atoms with E-state index in [1.54, 1.807) is 6.20 Å². The molecule has 0 atom stereocenters. The molecule has 104 valence electrons. The molecule has 0 aliphatic carbocycles. The number of thiocarbonyl (C=S) groups is 1. The molecule has 0 aliphatic rings. The van der Waals surface area contributed by atoms with Crippen molar-refractivity contribution in [3.05, 3.63) is 53.7 Å². The SMILES string of the molecule is Cc1cccc(OCCNc2ncccc2C(N)=S)c1. The first-order valence-corrected chi connectivity index (χ1v) is 6.76. The lowest BCUT2D eigenvalue weighted by Gasteiger charge is -2.11. The van der Waals surface area contributed by atoms with Crippen molar-refractivity contribution in [3.63, 3.8) is 0 Å². The minimum atomic E-state index is 0.334. The number of nitrogens with one attached hydrogen (secondary N) is 1. The standard InChI is InChI=1S/C15H17N3OS/c1-11-4-2-5-12(10-11)19-9-8-18-15-13(14(16)20)6-3-7-17-15/h2-7,10H,8-9H2,1H3,(H2,16,20)(H,17,18). The molecule has 0 saturated heterocycles. The zero-order valence-electron chi connectivity index (χ0n) is 11.3. The van der Waals surface area contributed by atoms with Gasteiger partial charge in [-0.25, -0.2) is 4.98 Å². The Morgan fingerprint density at radius 3 is 2.95 bits per heavy atom. The number of rotatable bonds is 6. The van der Waals surface area contributed by atoms with Crippen LogP contribution in [0.4, 0.5) is 5.82 Å². The van der Waals surface area contributed by atoms with Gasteiger partial charge < -0.3 is 15.8 Å². The average molecular weight is 287 g/mol. The maximum absolute atomic E-state index is 5.65. The lowest BCUT2D eigenvalue weighted by molar-refractivity contribution is 0.332. The molecule has 2 rings (SSSR count). The van der Waals surface area contributed by atoms with E-state index in [0.717, 1.165) is 11.3 Å². The highest BCUT2D eigenvalue weighted by molar-refractivity contribution is 7.80. The maximum atomic E-state index is 5.65. The second-order valence-corrected chi connectivity index (χ2v) is 4.80. The van der Waals surface area contributed by atoms with Crippen LogP contribution in [-0.2, 0) is 0 Å². The predicted octanol–water partition coefficient (Wildman–Crippen LogP) is 2.52. The second-order valence-electron chi connectivity index (χ2n) is 4.36. The van der Waals surface area contributed by atoms with Gasteiger partial charge in [0.1, 0.15) is 23.2 Å². The Bertz CT molecular complexity index is 601. The van der Waals surface area contributed by atoms with E-state index in [1.807, 2.05) is 43.3 Å². The molecule has 0 radical (unpaired) electrons. The number of hydrogen-bond acceptors (Lipinski definition) is 4. The molecule has 1 aromatic carbocycles. The molecule has 0 unspecified atom stereocenters. The Morgan fingerprint density at radius 1 is 1.35 bits per heavy atom. The summed E-state index contributed by atoms with van der Waals surface area (Å²) in [5.74, 6) is 1.55. The normalized spacial score (nSPS) is 10.1. The Balaban J connectivity index is 1.86. The molecule has 5 heteroatoms. The van der Waals surface area contributed by atoms with Crippen LogP contribution in [0, 0.1) is 6.92 Å². The summed E-state index contributed by atoms with van der Waals surface area (Å²) in [5.41, 5.74) is 7.57. The number of ether oxygens (including phenoxy) is 1. The minimum absolute atomic E-state index is 0.334. The van der Waals surface area contributed by atoms with Crippen LogP contribution in [0.3, 0.4) is 0 Å². The molecule has 0 amide bonds. The monoisotopic (exact) mass is 287 g/mol. The number of anilines is 1. The van der Waals surface area contributed by atoms with E-state index in [4.69, 9.17) is 22.7 Å². The predicted molar refractivity (Wildman–Crippen MR) is 85.3 cm³/mol. The van der Waals surface area contributed by atoms with Crippen molar-refractivity contribution in [2.75, 3.05) is 18.5 Å². The van der Waals surface area contributed by atoms with Crippen LogP contribution in [0.5, 0.6) is 5.75 Å². The molecular weight excluding hydrogens is 270 g/mol. The van der Waals surface area contributed by atoms with Gasteiger partial charge in [-0.2, -0.15) is 0 Å². The van der Waals surface area contributed by atoms with Crippen molar-refractivity contribution >= 4 is 23.0 Å². The highest BCUT2D eigenvalue weighted by atomic mass is 32.1. The fraction of sp³-hybridized carbons (Fsp3) is 0.200. The molecule has 20 heavy (non-hydrogen) atoms. The number of nitrogens with zero attached hydrogens (tertiary/aromatic N) is 1. The number of aryl methyl sites for hydroxylation is 1. The van der Waals surface area contributed by atoms with Crippen molar-refractivity contribution < 1.29 is 4.74 Å². The van der Waals surface area contributed by atoms with Gasteiger partial charge in [0, 0.05) is 6.20 Å². The van der Waals surface area contributed by atoms with E-state index >= 15 is 0 Å². The van der Waals surface area contributed by atoms with Gasteiger partial charge in [0.15, 0.2) is 0 Å². The zero-order chi connectivity index (χ0) is 14.4. The third kappa shape index (κ3) is 3.93. The average Bonchev–Trinajstić information content (AvgIpc) is 2.44. The van der Waals surface area contributed by atoms with E-state index in [-0.39, 0.29) is 0 Å². The van der Waals surface area contributed by atoms with E-state index in [2.05, 4.69) is 10.3 Å². The number of aromatic nitrogens is 1. The number of nitrogens with two attached hydrogens (primary N) is 1. The summed E-state index contributed by atoms with van der Waals surface area (Å²) in [4.78, 5) is 4.56. The third-order valence-corrected chi connectivity index (χ3v) is 2.95. The first-order valence-electron chi connectivity index (χ1n) is 6.35. The Labute approximate surface area is 124 Å². The van der Waals surface area contributed by atoms with Crippen LogP contribution < -0.4 is 15.8 Å². The van der Waals surface area contributed by atoms with Crippen LogP contribution in [0.2, 0.25) is 0 Å². The molecule has 0 spiro atoms. The highest BCUT2D eigenvalue weighted by Crippen LogP contribution is 2.13. The van der Waals surface area contributed by atoms with Crippen LogP contribution in [-0.4, -0.2) is 23.1 Å². The molecular formula is C15H17N3OS. The molecule has 0 saturated carbocycles. The van der Waals surface area contributed by atoms with Crippen LogP contribution in [0.25, 0.3) is 0 Å². The first-order chi connectivity index (χ1) is 9.66. The maximum Gasteiger partial charge on any atom is 0.136 e.